The Hall–Kier alpha value is -0.270. The van der Waals surface area contributed by atoms with Gasteiger partial charge in [0.25, 0.3) is 0 Å². The number of rotatable bonds is 7. The highest BCUT2D eigenvalue weighted by Gasteiger charge is 2.05. The highest BCUT2D eigenvalue weighted by atomic mass is 35.5. The molecule has 0 aliphatic heterocycles. The fourth-order valence-electron chi connectivity index (χ4n) is 1.41. The molecule has 0 amide bonds. The lowest BCUT2D eigenvalue weighted by Crippen LogP contribution is -2.19. The number of halogens is 1. The summed E-state index contributed by atoms with van der Waals surface area (Å²) in [7, 11) is 0. The normalized spacial score (nSPS) is 14.8. The molecule has 0 bridgehead atoms. The van der Waals surface area contributed by atoms with E-state index in [2.05, 4.69) is 32.6 Å². The summed E-state index contributed by atoms with van der Waals surface area (Å²) in [5.74, 6) is 0.639. The fourth-order valence-corrected chi connectivity index (χ4v) is 1.41. The van der Waals surface area contributed by atoms with Crippen molar-refractivity contribution >= 4 is 12.4 Å². The second kappa shape index (κ2) is 10.8. The molecule has 0 aliphatic rings. The Labute approximate surface area is 94.9 Å². The van der Waals surface area contributed by atoms with Gasteiger partial charge in [-0.1, -0.05) is 25.2 Å². The smallest absolute Gasteiger partial charge is 0.00364 e. The van der Waals surface area contributed by atoms with Crippen molar-refractivity contribution in [1.82, 2.24) is 0 Å². The second-order valence-electron chi connectivity index (χ2n) is 3.56. The van der Waals surface area contributed by atoms with E-state index in [1.165, 1.54) is 6.42 Å². The van der Waals surface area contributed by atoms with Gasteiger partial charge in [0, 0.05) is 6.04 Å². The highest BCUT2D eigenvalue weighted by molar-refractivity contribution is 5.85. The standard InChI is InChI=1S/C12H23N.ClH/c1-4-7-11(8-5-2)9-10-12(13)6-3;/h4-5,8,11-12H,1,6-7,9-10,13H2,2-3H3;1H/b8-5+;. The summed E-state index contributed by atoms with van der Waals surface area (Å²) in [4.78, 5) is 0. The van der Waals surface area contributed by atoms with Gasteiger partial charge in [-0.3, -0.25) is 0 Å². The first-order valence-electron chi connectivity index (χ1n) is 5.23. The molecule has 0 heterocycles. The van der Waals surface area contributed by atoms with Gasteiger partial charge in [-0.2, -0.15) is 0 Å². The topological polar surface area (TPSA) is 26.0 Å². The van der Waals surface area contributed by atoms with Gasteiger partial charge in [0.05, 0.1) is 0 Å². The third kappa shape index (κ3) is 8.33. The number of hydrogen-bond donors (Lipinski definition) is 1. The zero-order chi connectivity index (χ0) is 10.1. The summed E-state index contributed by atoms with van der Waals surface area (Å²) >= 11 is 0. The van der Waals surface area contributed by atoms with Crippen molar-refractivity contribution in [1.29, 1.82) is 0 Å². The first-order chi connectivity index (χ1) is 6.24. The molecule has 0 saturated heterocycles. The Balaban J connectivity index is 0. The van der Waals surface area contributed by atoms with Crippen molar-refractivity contribution in [2.75, 3.05) is 0 Å². The summed E-state index contributed by atoms with van der Waals surface area (Å²) in [6.45, 7) is 7.97. The van der Waals surface area contributed by atoms with Gasteiger partial charge >= 0.3 is 0 Å². The Morgan fingerprint density at radius 2 is 2.00 bits per heavy atom. The Bertz CT molecular complexity index is 154. The molecule has 2 N–H and O–H groups in total. The van der Waals surface area contributed by atoms with Crippen molar-refractivity contribution in [2.24, 2.45) is 11.7 Å². The quantitative estimate of drug-likeness (QED) is 0.647. The van der Waals surface area contributed by atoms with Crippen LogP contribution in [-0.4, -0.2) is 6.04 Å². The van der Waals surface area contributed by atoms with E-state index in [9.17, 15) is 0 Å². The van der Waals surface area contributed by atoms with Crippen molar-refractivity contribution in [3.63, 3.8) is 0 Å². The molecular weight excluding hydrogens is 194 g/mol. The maximum atomic E-state index is 5.86. The number of nitrogens with two attached hydrogens (primary N) is 1. The second-order valence-corrected chi connectivity index (χ2v) is 3.56. The van der Waals surface area contributed by atoms with Gasteiger partial charge in [-0.25, -0.2) is 0 Å². The Morgan fingerprint density at radius 3 is 2.43 bits per heavy atom. The van der Waals surface area contributed by atoms with Gasteiger partial charge in [0.15, 0.2) is 0 Å². The average Bonchev–Trinajstić information content (AvgIpc) is 2.14. The lowest BCUT2D eigenvalue weighted by atomic mass is 9.96. The van der Waals surface area contributed by atoms with Gasteiger partial charge in [-0.05, 0) is 38.5 Å². The fraction of sp³-hybridized carbons (Fsp3) is 0.667. The molecule has 0 aliphatic carbocycles. The molecule has 1 nitrogen and oxygen atoms in total. The van der Waals surface area contributed by atoms with Crippen LogP contribution in [0.2, 0.25) is 0 Å². The summed E-state index contributed by atoms with van der Waals surface area (Å²) in [6.07, 6.45) is 10.8. The van der Waals surface area contributed by atoms with Gasteiger partial charge in [-0.15, -0.1) is 19.0 Å². The minimum absolute atomic E-state index is 0. The first kappa shape index (κ1) is 16.2. The Kier molecular flexibility index (Phi) is 12.5. The van der Waals surface area contributed by atoms with E-state index in [1.807, 2.05) is 6.08 Å². The highest BCUT2D eigenvalue weighted by Crippen LogP contribution is 2.15. The average molecular weight is 218 g/mol. The predicted molar refractivity (Wildman–Crippen MR) is 67.9 cm³/mol. The summed E-state index contributed by atoms with van der Waals surface area (Å²) in [5, 5.41) is 0. The predicted octanol–water partition coefficient (Wildman–Crippen LogP) is 3.69. The van der Waals surface area contributed by atoms with Crippen molar-refractivity contribution in [3.05, 3.63) is 24.8 Å². The summed E-state index contributed by atoms with van der Waals surface area (Å²) in [6, 6.07) is 0.373. The lowest BCUT2D eigenvalue weighted by molar-refractivity contribution is 0.497. The van der Waals surface area contributed by atoms with Gasteiger partial charge < -0.3 is 5.73 Å². The van der Waals surface area contributed by atoms with Crippen LogP contribution >= 0.6 is 12.4 Å². The molecule has 0 fully saturated rings. The zero-order valence-electron chi connectivity index (χ0n) is 9.41. The largest absolute Gasteiger partial charge is 0.328 e. The molecular formula is C12H24ClN. The molecule has 0 aromatic heterocycles. The van der Waals surface area contributed by atoms with E-state index >= 15 is 0 Å². The van der Waals surface area contributed by atoms with E-state index in [4.69, 9.17) is 5.73 Å². The minimum atomic E-state index is 0. The van der Waals surface area contributed by atoms with Crippen LogP contribution < -0.4 is 5.73 Å². The Morgan fingerprint density at radius 1 is 1.36 bits per heavy atom. The molecule has 0 aromatic rings. The molecule has 2 atom stereocenters. The van der Waals surface area contributed by atoms with Crippen LogP contribution in [0.1, 0.15) is 39.5 Å². The maximum absolute atomic E-state index is 5.86. The van der Waals surface area contributed by atoms with Crippen molar-refractivity contribution in [3.8, 4) is 0 Å². The summed E-state index contributed by atoms with van der Waals surface area (Å²) < 4.78 is 0. The number of allylic oxidation sites excluding steroid dienone is 3. The molecule has 0 aromatic carbocycles. The van der Waals surface area contributed by atoms with Crippen molar-refractivity contribution < 1.29 is 0 Å². The van der Waals surface area contributed by atoms with E-state index in [0.29, 0.717) is 12.0 Å². The molecule has 0 spiro atoms. The van der Waals surface area contributed by atoms with E-state index in [1.54, 1.807) is 0 Å². The van der Waals surface area contributed by atoms with Crippen LogP contribution in [0.25, 0.3) is 0 Å². The lowest BCUT2D eigenvalue weighted by Gasteiger charge is -2.13. The van der Waals surface area contributed by atoms with Crippen LogP contribution in [0, 0.1) is 5.92 Å². The zero-order valence-corrected chi connectivity index (χ0v) is 10.2. The third-order valence-corrected chi connectivity index (χ3v) is 2.37. The van der Waals surface area contributed by atoms with Crippen LogP contribution in [-0.2, 0) is 0 Å². The SMILES string of the molecule is C=CCC(/C=C/C)CCC(N)CC.Cl. The van der Waals surface area contributed by atoms with Crippen LogP contribution in [0.4, 0.5) is 0 Å². The van der Waals surface area contributed by atoms with E-state index < -0.39 is 0 Å². The maximum Gasteiger partial charge on any atom is 0.00364 e. The molecule has 2 heteroatoms. The van der Waals surface area contributed by atoms with Gasteiger partial charge in [0.2, 0.25) is 0 Å². The molecule has 14 heavy (non-hydrogen) atoms. The summed E-state index contributed by atoms with van der Waals surface area (Å²) in [5.41, 5.74) is 5.86. The van der Waals surface area contributed by atoms with Crippen LogP contribution in [0.5, 0.6) is 0 Å². The van der Waals surface area contributed by atoms with Crippen LogP contribution in [0.3, 0.4) is 0 Å². The molecule has 2 unspecified atom stereocenters. The van der Waals surface area contributed by atoms with E-state index in [-0.39, 0.29) is 12.4 Å². The first-order valence-corrected chi connectivity index (χ1v) is 5.23. The van der Waals surface area contributed by atoms with E-state index in [0.717, 1.165) is 19.3 Å². The van der Waals surface area contributed by atoms with Crippen molar-refractivity contribution in [2.45, 2.75) is 45.6 Å². The third-order valence-electron chi connectivity index (χ3n) is 2.37. The molecule has 84 valence electrons. The number of hydrogen-bond acceptors (Lipinski definition) is 1. The van der Waals surface area contributed by atoms with Gasteiger partial charge in [0.1, 0.15) is 0 Å². The minimum Gasteiger partial charge on any atom is -0.328 e. The molecule has 0 radical (unpaired) electrons. The molecule has 0 rings (SSSR count). The molecule has 0 saturated carbocycles. The van der Waals surface area contributed by atoms with Crippen LogP contribution in [0.15, 0.2) is 24.8 Å². The monoisotopic (exact) mass is 217 g/mol.